The van der Waals surface area contributed by atoms with Crippen molar-refractivity contribution >= 4 is 23.5 Å². The van der Waals surface area contributed by atoms with E-state index in [2.05, 4.69) is 16.9 Å². The third-order valence-electron chi connectivity index (χ3n) is 2.11. The lowest BCUT2D eigenvalue weighted by Crippen LogP contribution is -2.28. The topological polar surface area (TPSA) is 103 Å². The Hall–Kier alpha value is -2.47. The Morgan fingerprint density at radius 2 is 2.20 bits per heavy atom. The Balaban J connectivity index is 2.95. The van der Waals surface area contributed by atoms with Gasteiger partial charge < -0.3 is 21.5 Å². The third kappa shape index (κ3) is 5.45. The molecule has 0 aliphatic heterocycles. The SMILES string of the molecule is C=C(Cl)/N=C(\C=C/N)Oc1ccccc1CNC(N)=O. The summed E-state index contributed by atoms with van der Waals surface area (Å²) in [7, 11) is 0. The number of aliphatic imine (C=N–C) groups is 1. The number of carbonyl (C=O) groups excluding carboxylic acids is 1. The van der Waals surface area contributed by atoms with E-state index in [9.17, 15) is 4.79 Å². The number of hydrogen-bond acceptors (Lipinski definition) is 4. The van der Waals surface area contributed by atoms with Gasteiger partial charge in [-0.25, -0.2) is 9.79 Å². The van der Waals surface area contributed by atoms with Crippen LogP contribution in [0, 0.1) is 0 Å². The maximum Gasteiger partial charge on any atom is 0.312 e. The molecule has 0 bridgehead atoms. The first-order valence-corrected chi connectivity index (χ1v) is 6.01. The molecule has 5 N–H and O–H groups in total. The molecule has 7 heteroatoms. The van der Waals surface area contributed by atoms with Crippen LogP contribution in [0.1, 0.15) is 5.56 Å². The molecular weight excluding hydrogens is 280 g/mol. The van der Waals surface area contributed by atoms with Gasteiger partial charge in [0.2, 0.25) is 5.90 Å². The molecule has 0 aromatic heterocycles. The Labute approximate surface area is 121 Å². The van der Waals surface area contributed by atoms with E-state index in [1.165, 1.54) is 12.3 Å². The van der Waals surface area contributed by atoms with Crippen LogP contribution in [-0.4, -0.2) is 11.9 Å². The van der Waals surface area contributed by atoms with Gasteiger partial charge in [0, 0.05) is 18.2 Å². The van der Waals surface area contributed by atoms with Gasteiger partial charge in [0.05, 0.1) is 0 Å². The molecule has 0 spiro atoms. The molecule has 0 aliphatic rings. The standard InChI is InChI=1S/C13H15ClN4O2/c1-9(14)18-12(6-7-15)20-11-5-3-2-4-10(11)8-17-13(16)19/h2-7H,1,8,15H2,(H3,16,17,19)/b7-6-,18-12+. The molecule has 1 aromatic rings. The molecule has 0 radical (unpaired) electrons. The lowest BCUT2D eigenvalue weighted by molar-refractivity contribution is 0.248. The van der Waals surface area contributed by atoms with E-state index in [-0.39, 0.29) is 17.6 Å². The fourth-order valence-electron chi connectivity index (χ4n) is 1.34. The van der Waals surface area contributed by atoms with Crippen LogP contribution in [0.4, 0.5) is 4.79 Å². The summed E-state index contributed by atoms with van der Waals surface area (Å²) in [6, 6.07) is 6.47. The number of primary amides is 1. The average Bonchev–Trinajstić information content (AvgIpc) is 2.37. The van der Waals surface area contributed by atoms with Gasteiger partial charge in [-0.2, -0.15) is 0 Å². The number of benzene rings is 1. The van der Waals surface area contributed by atoms with E-state index in [1.54, 1.807) is 24.3 Å². The van der Waals surface area contributed by atoms with Crippen molar-refractivity contribution in [3.05, 3.63) is 53.8 Å². The largest absolute Gasteiger partial charge is 0.439 e. The number of ether oxygens (including phenoxy) is 1. The Morgan fingerprint density at radius 3 is 2.80 bits per heavy atom. The van der Waals surface area contributed by atoms with Gasteiger partial charge >= 0.3 is 6.03 Å². The molecular formula is C13H15ClN4O2. The van der Waals surface area contributed by atoms with Crippen molar-refractivity contribution in [1.29, 1.82) is 0 Å². The summed E-state index contributed by atoms with van der Waals surface area (Å²) in [6.07, 6.45) is 2.70. The van der Waals surface area contributed by atoms with Crippen molar-refractivity contribution in [2.24, 2.45) is 16.5 Å². The number of carbonyl (C=O) groups is 1. The van der Waals surface area contributed by atoms with E-state index < -0.39 is 6.03 Å². The molecule has 1 rings (SSSR count). The third-order valence-corrected chi connectivity index (χ3v) is 2.20. The molecule has 20 heavy (non-hydrogen) atoms. The molecule has 0 atom stereocenters. The van der Waals surface area contributed by atoms with Crippen molar-refractivity contribution in [1.82, 2.24) is 5.32 Å². The number of halogens is 1. The highest BCUT2D eigenvalue weighted by molar-refractivity contribution is 6.29. The lowest BCUT2D eigenvalue weighted by Gasteiger charge is -2.11. The first-order valence-electron chi connectivity index (χ1n) is 5.63. The second-order valence-electron chi connectivity index (χ2n) is 3.61. The van der Waals surface area contributed by atoms with Crippen molar-refractivity contribution in [3.8, 4) is 5.75 Å². The number of amides is 2. The summed E-state index contributed by atoms with van der Waals surface area (Å²) in [5.41, 5.74) is 11.1. The van der Waals surface area contributed by atoms with Crippen LogP contribution < -0.4 is 21.5 Å². The van der Waals surface area contributed by atoms with E-state index in [4.69, 9.17) is 27.8 Å². The highest BCUT2D eigenvalue weighted by Crippen LogP contribution is 2.18. The normalized spacial score (nSPS) is 11.3. The maximum atomic E-state index is 10.7. The lowest BCUT2D eigenvalue weighted by atomic mass is 10.2. The van der Waals surface area contributed by atoms with E-state index >= 15 is 0 Å². The zero-order chi connectivity index (χ0) is 15.0. The fourth-order valence-corrected chi connectivity index (χ4v) is 1.42. The zero-order valence-corrected chi connectivity index (χ0v) is 11.4. The number of urea groups is 1. The number of nitrogens with two attached hydrogens (primary N) is 2. The minimum Gasteiger partial charge on any atom is -0.439 e. The zero-order valence-electron chi connectivity index (χ0n) is 10.7. The van der Waals surface area contributed by atoms with E-state index in [0.717, 1.165) is 5.56 Å². The summed E-state index contributed by atoms with van der Waals surface area (Å²) in [6.45, 7) is 3.68. The average molecular weight is 295 g/mol. The Morgan fingerprint density at radius 1 is 1.50 bits per heavy atom. The van der Waals surface area contributed by atoms with Gasteiger partial charge in [-0.1, -0.05) is 36.4 Å². The monoisotopic (exact) mass is 294 g/mol. The van der Waals surface area contributed by atoms with Gasteiger partial charge in [0.15, 0.2) is 0 Å². The number of rotatable bonds is 5. The second-order valence-corrected chi connectivity index (χ2v) is 4.05. The molecule has 0 aliphatic carbocycles. The minimum atomic E-state index is -0.621. The summed E-state index contributed by atoms with van der Waals surface area (Å²) in [5, 5.41) is 2.54. The Kier molecular flexibility index (Phi) is 6.12. The first-order chi connectivity index (χ1) is 9.52. The van der Waals surface area contributed by atoms with Gasteiger partial charge in [0.25, 0.3) is 0 Å². The van der Waals surface area contributed by atoms with Crippen LogP contribution in [0.2, 0.25) is 0 Å². The van der Waals surface area contributed by atoms with Crippen molar-refractivity contribution in [2.75, 3.05) is 0 Å². The molecule has 0 heterocycles. The second kappa shape index (κ2) is 7.85. The quantitative estimate of drug-likeness (QED) is 0.438. The molecule has 6 nitrogen and oxygen atoms in total. The molecule has 0 unspecified atom stereocenters. The van der Waals surface area contributed by atoms with Crippen LogP contribution in [-0.2, 0) is 6.54 Å². The van der Waals surface area contributed by atoms with Gasteiger partial charge in [-0.3, -0.25) is 0 Å². The van der Waals surface area contributed by atoms with Crippen molar-refractivity contribution in [3.63, 3.8) is 0 Å². The first kappa shape index (κ1) is 15.6. The van der Waals surface area contributed by atoms with Gasteiger partial charge in [-0.05, 0) is 12.3 Å². The van der Waals surface area contributed by atoms with Crippen LogP contribution in [0.5, 0.6) is 5.75 Å². The summed E-state index contributed by atoms with van der Waals surface area (Å²) in [4.78, 5) is 14.6. The summed E-state index contributed by atoms with van der Waals surface area (Å²) in [5.74, 6) is 0.676. The van der Waals surface area contributed by atoms with Crippen LogP contribution in [0.3, 0.4) is 0 Å². The number of nitrogens with zero attached hydrogens (tertiary/aromatic N) is 1. The van der Waals surface area contributed by atoms with E-state index in [1.807, 2.05) is 0 Å². The predicted molar refractivity (Wildman–Crippen MR) is 79.2 cm³/mol. The molecule has 1 aromatic carbocycles. The fraction of sp³-hybridized carbons (Fsp3) is 0.0769. The summed E-state index contributed by atoms with van der Waals surface area (Å²) >= 11 is 5.61. The summed E-state index contributed by atoms with van der Waals surface area (Å²) < 4.78 is 5.57. The highest BCUT2D eigenvalue weighted by Gasteiger charge is 2.06. The van der Waals surface area contributed by atoms with Crippen molar-refractivity contribution < 1.29 is 9.53 Å². The number of hydrogen-bond donors (Lipinski definition) is 3. The van der Waals surface area contributed by atoms with Crippen LogP contribution >= 0.6 is 11.6 Å². The van der Waals surface area contributed by atoms with Crippen LogP contribution in [0.25, 0.3) is 0 Å². The molecule has 2 amide bonds. The highest BCUT2D eigenvalue weighted by atomic mass is 35.5. The predicted octanol–water partition coefficient (Wildman–Crippen LogP) is 1.81. The number of para-hydroxylation sites is 1. The van der Waals surface area contributed by atoms with Crippen LogP contribution in [0.15, 0.2) is 53.3 Å². The van der Waals surface area contributed by atoms with Crippen molar-refractivity contribution in [2.45, 2.75) is 6.54 Å². The minimum absolute atomic E-state index is 0.0610. The smallest absolute Gasteiger partial charge is 0.312 e. The van der Waals surface area contributed by atoms with Gasteiger partial charge in [-0.15, -0.1) is 0 Å². The molecule has 106 valence electrons. The molecule has 0 saturated carbocycles. The number of nitrogens with one attached hydrogen (secondary N) is 1. The molecule has 0 fully saturated rings. The maximum absolute atomic E-state index is 10.7. The van der Waals surface area contributed by atoms with E-state index in [0.29, 0.717) is 5.75 Å². The Bertz CT molecular complexity index is 555. The van der Waals surface area contributed by atoms with Gasteiger partial charge in [0.1, 0.15) is 10.9 Å². The molecule has 0 saturated heterocycles.